The maximum absolute atomic E-state index is 6.34. The third kappa shape index (κ3) is 3.70. The van der Waals surface area contributed by atoms with Crippen molar-refractivity contribution in [2.75, 3.05) is 20.8 Å². The molecule has 0 aliphatic carbocycles. The zero-order chi connectivity index (χ0) is 18.8. The fourth-order valence-corrected chi connectivity index (χ4v) is 4.97. The van der Waals surface area contributed by atoms with Gasteiger partial charge in [-0.05, 0) is 41.3 Å². The second kappa shape index (κ2) is 7.93. The Morgan fingerprint density at radius 1 is 1.07 bits per heavy atom. The Hall–Kier alpha value is -2.01. The first-order valence-corrected chi connectivity index (χ1v) is 10.3. The number of nitrogens with one attached hydrogen (secondary N) is 1. The minimum atomic E-state index is 0.217. The molecule has 2 atom stereocenters. The summed E-state index contributed by atoms with van der Waals surface area (Å²) in [7, 11) is 3.38. The van der Waals surface area contributed by atoms with E-state index >= 15 is 0 Å². The van der Waals surface area contributed by atoms with Crippen LogP contribution in [0.15, 0.2) is 53.9 Å². The molecule has 4 rings (SSSR count). The molecule has 1 aliphatic heterocycles. The number of hydrogen-bond acceptors (Lipinski definition) is 3. The van der Waals surface area contributed by atoms with Gasteiger partial charge in [0.25, 0.3) is 0 Å². The van der Waals surface area contributed by atoms with E-state index in [0.29, 0.717) is 0 Å². The standard InChI is InChI=1S/C22H22ClNO2S/c1-25-20-12-15-8-9-24(14-18-7-4-10-27-18)22(19(15)13-21(20)26-2)16-5-3-6-17(23)11-16/h3-7,10-13,22H,8-9,14H2,1-2H3/p+1/t22-/m1/s1. The van der Waals surface area contributed by atoms with E-state index in [1.54, 1.807) is 14.2 Å². The van der Waals surface area contributed by atoms with Gasteiger partial charge in [0, 0.05) is 22.6 Å². The van der Waals surface area contributed by atoms with Gasteiger partial charge in [0.2, 0.25) is 0 Å². The van der Waals surface area contributed by atoms with Crippen molar-refractivity contribution in [2.45, 2.75) is 19.0 Å². The third-order valence-corrected chi connectivity index (χ3v) is 6.35. The SMILES string of the molecule is COc1cc2c(cc1OC)[C@@H](c1cccc(Cl)c1)[NH+](Cc1cccs1)CC2. The second-order valence-corrected chi connectivity index (χ2v) is 8.28. The Balaban J connectivity index is 1.82. The van der Waals surface area contributed by atoms with Crippen LogP contribution >= 0.6 is 22.9 Å². The molecule has 1 aliphatic rings. The molecular weight excluding hydrogens is 378 g/mol. The van der Waals surface area contributed by atoms with Gasteiger partial charge in [-0.25, -0.2) is 0 Å². The number of benzene rings is 2. The highest BCUT2D eigenvalue weighted by atomic mass is 35.5. The lowest BCUT2D eigenvalue weighted by Gasteiger charge is -2.35. The molecule has 1 N–H and O–H groups in total. The zero-order valence-electron chi connectivity index (χ0n) is 15.5. The van der Waals surface area contributed by atoms with Gasteiger partial charge < -0.3 is 14.4 Å². The van der Waals surface area contributed by atoms with E-state index in [0.717, 1.165) is 36.0 Å². The first-order valence-electron chi connectivity index (χ1n) is 9.07. The van der Waals surface area contributed by atoms with Crippen molar-refractivity contribution in [1.29, 1.82) is 0 Å². The summed E-state index contributed by atoms with van der Waals surface area (Å²) in [5.41, 5.74) is 3.86. The number of methoxy groups -OCH3 is 2. The van der Waals surface area contributed by atoms with Crippen LogP contribution in [0.4, 0.5) is 0 Å². The van der Waals surface area contributed by atoms with Crippen LogP contribution in [-0.2, 0) is 13.0 Å². The molecule has 2 heterocycles. The van der Waals surface area contributed by atoms with Crippen LogP contribution in [-0.4, -0.2) is 20.8 Å². The number of ether oxygens (including phenoxy) is 2. The van der Waals surface area contributed by atoms with Gasteiger partial charge >= 0.3 is 0 Å². The van der Waals surface area contributed by atoms with Crippen molar-refractivity contribution >= 4 is 22.9 Å². The molecule has 140 valence electrons. The molecule has 0 radical (unpaired) electrons. The minimum absolute atomic E-state index is 0.217. The fraction of sp³-hybridized carbons (Fsp3) is 0.273. The summed E-state index contributed by atoms with van der Waals surface area (Å²) in [6, 6.07) is 17.1. The van der Waals surface area contributed by atoms with Gasteiger partial charge in [0.15, 0.2) is 11.5 Å². The van der Waals surface area contributed by atoms with E-state index in [1.165, 1.54) is 26.5 Å². The van der Waals surface area contributed by atoms with Gasteiger partial charge in [0.1, 0.15) is 12.6 Å². The summed E-state index contributed by atoms with van der Waals surface area (Å²) in [6.45, 7) is 2.07. The smallest absolute Gasteiger partial charge is 0.161 e. The third-order valence-electron chi connectivity index (χ3n) is 5.24. The summed E-state index contributed by atoms with van der Waals surface area (Å²) in [5.74, 6) is 1.57. The van der Waals surface area contributed by atoms with Crippen LogP contribution in [0.2, 0.25) is 5.02 Å². The topological polar surface area (TPSA) is 22.9 Å². The van der Waals surface area contributed by atoms with Crippen molar-refractivity contribution in [3.63, 3.8) is 0 Å². The molecule has 27 heavy (non-hydrogen) atoms. The summed E-state index contributed by atoms with van der Waals surface area (Å²) >= 11 is 8.16. The van der Waals surface area contributed by atoms with Crippen LogP contribution in [0, 0.1) is 0 Å². The molecule has 0 fully saturated rings. The zero-order valence-corrected chi connectivity index (χ0v) is 17.1. The molecule has 0 saturated heterocycles. The molecule has 2 aromatic carbocycles. The summed E-state index contributed by atoms with van der Waals surface area (Å²) in [4.78, 5) is 2.93. The number of halogens is 1. The van der Waals surface area contributed by atoms with Gasteiger partial charge in [0.05, 0.1) is 25.6 Å². The van der Waals surface area contributed by atoms with Gasteiger partial charge in [-0.3, -0.25) is 0 Å². The number of quaternary nitrogens is 1. The first kappa shape index (κ1) is 18.4. The average Bonchev–Trinajstić information content (AvgIpc) is 3.19. The molecule has 3 nitrogen and oxygen atoms in total. The Bertz CT molecular complexity index is 926. The second-order valence-electron chi connectivity index (χ2n) is 6.81. The highest BCUT2D eigenvalue weighted by Gasteiger charge is 2.34. The Morgan fingerprint density at radius 3 is 2.59 bits per heavy atom. The van der Waals surface area contributed by atoms with Crippen LogP contribution in [0.1, 0.15) is 27.6 Å². The molecular formula is C22H23ClNO2S+. The van der Waals surface area contributed by atoms with Crippen molar-refractivity contribution < 1.29 is 14.4 Å². The summed E-state index contributed by atoms with van der Waals surface area (Å²) < 4.78 is 11.1. The summed E-state index contributed by atoms with van der Waals surface area (Å²) in [6.07, 6.45) is 1.02. The van der Waals surface area contributed by atoms with E-state index in [-0.39, 0.29) is 6.04 Å². The van der Waals surface area contributed by atoms with E-state index in [4.69, 9.17) is 21.1 Å². The van der Waals surface area contributed by atoms with Gasteiger partial charge in [-0.15, -0.1) is 11.3 Å². The molecule has 5 heteroatoms. The van der Waals surface area contributed by atoms with Crippen LogP contribution in [0.3, 0.4) is 0 Å². The lowest BCUT2D eigenvalue weighted by Crippen LogP contribution is -3.12. The Kier molecular flexibility index (Phi) is 5.39. The maximum Gasteiger partial charge on any atom is 0.161 e. The molecule has 3 aromatic rings. The molecule has 1 unspecified atom stereocenters. The molecule has 0 spiro atoms. The highest BCUT2D eigenvalue weighted by Crippen LogP contribution is 2.36. The predicted molar refractivity (Wildman–Crippen MR) is 110 cm³/mol. The van der Waals surface area contributed by atoms with E-state index < -0.39 is 0 Å². The first-order chi connectivity index (χ1) is 13.2. The van der Waals surface area contributed by atoms with Crippen molar-refractivity contribution in [3.05, 3.63) is 80.5 Å². The number of rotatable bonds is 5. The minimum Gasteiger partial charge on any atom is -0.493 e. The van der Waals surface area contributed by atoms with Crippen LogP contribution < -0.4 is 14.4 Å². The van der Waals surface area contributed by atoms with Crippen LogP contribution in [0.25, 0.3) is 0 Å². The lowest BCUT2D eigenvalue weighted by atomic mass is 9.87. The average molecular weight is 401 g/mol. The van der Waals surface area contributed by atoms with Crippen LogP contribution in [0.5, 0.6) is 11.5 Å². The van der Waals surface area contributed by atoms with Gasteiger partial charge in [-0.1, -0.05) is 29.8 Å². The van der Waals surface area contributed by atoms with E-state index in [1.807, 2.05) is 23.5 Å². The van der Waals surface area contributed by atoms with Crippen molar-refractivity contribution in [2.24, 2.45) is 0 Å². The monoisotopic (exact) mass is 400 g/mol. The molecule has 0 bridgehead atoms. The van der Waals surface area contributed by atoms with Crippen molar-refractivity contribution in [3.8, 4) is 11.5 Å². The number of fused-ring (bicyclic) bond motifs is 1. The maximum atomic E-state index is 6.34. The largest absolute Gasteiger partial charge is 0.493 e. The predicted octanol–water partition coefficient (Wildman–Crippen LogP) is 4.15. The highest BCUT2D eigenvalue weighted by molar-refractivity contribution is 7.09. The molecule has 0 amide bonds. The van der Waals surface area contributed by atoms with E-state index in [2.05, 4.69) is 41.8 Å². The normalized spacial score (nSPS) is 18.8. The van der Waals surface area contributed by atoms with Gasteiger partial charge in [-0.2, -0.15) is 0 Å². The van der Waals surface area contributed by atoms with Crippen molar-refractivity contribution in [1.82, 2.24) is 0 Å². The lowest BCUT2D eigenvalue weighted by molar-refractivity contribution is -0.940. The number of thiophene rings is 1. The quantitative estimate of drug-likeness (QED) is 0.695. The number of hydrogen-bond donors (Lipinski definition) is 1. The molecule has 1 aromatic heterocycles. The van der Waals surface area contributed by atoms with E-state index in [9.17, 15) is 0 Å². The fourth-order valence-electron chi connectivity index (χ4n) is 4.01. The Morgan fingerprint density at radius 2 is 1.89 bits per heavy atom. The summed E-state index contributed by atoms with van der Waals surface area (Å²) in [5, 5.41) is 2.92. The Labute approximate surface area is 169 Å². The molecule has 0 saturated carbocycles.